The zero-order chi connectivity index (χ0) is 10.1. The van der Waals surface area contributed by atoms with Gasteiger partial charge in [0.25, 0.3) is 0 Å². The van der Waals surface area contributed by atoms with Gasteiger partial charge in [-0.25, -0.2) is 0 Å². The first-order valence-electron chi connectivity index (χ1n) is 3.88. The summed E-state index contributed by atoms with van der Waals surface area (Å²) in [6, 6.07) is 4.65. The van der Waals surface area contributed by atoms with Crippen LogP contribution in [0.3, 0.4) is 0 Å². The molecule has 2 rings (SSSR count). The van der Waals surface area contributed by atoms with E-state index in [-0.39, 0.29) is 11.0 Å². The second-order valence-electron chi connectivity index (χ2n) is 2.78. The van der Waals surface area contributed by atoms with Gasteiger partial charge in [0.1, 0.15) is 11.8 Å². The average molecular weight is 209 g/mol. The van der Waals surface area contributed by atoms with Crippen molar-refractivity contribution in [3.05, 3.63) is 45.3 Å². The molecule has 0 aliphatic rings. The molecule has 0 unspecified atom stereocenters. The largest absolute Gasteiger partial charge is 0.463 e. The van der Waals surface area contributed by atoms with E-state index < -0.39 is 0 Å². The van der Waals surface area contributed by atoms with Crippen LogP contribution in [0.2, 0.25) is 5.02 Å². The molecule has 0 bridgehead atoms. The number of fused-ring (bicyclic) bond motifs is 1. The average Bonchev–Trinajstić information content (AvgIpc) is 2.18. The Kier molecular flexibility index (Phi) is 2.09. The van der Waals surface area contributed by atoms with Crippen molar-refractivity contribution in [3.8, 4) is 0 Å². The van der Waals surface area contributed by atoms with Gasteiger partial charge in [0.15, 0.2) is 6.29 Å². The van der Waals surface area contributed by atoms with Gasteiger partial charge in [0, 0.05) is 11.1 Å². The SMILES string of the molecule is O=Cc1coc2cc(Cl)ccc2c1=O. The van der Waals surface area contributed by atoms with E-state index in [0.717, 1.165) is 6.26 Å². The summed E-state index contributed by atoms with van der Waals surface area (Å²) in [6.07, 6.45) is 1.61. The number of hydrogen-bond acceptors (Lipinski definition) is 3. The first-order chi connectivity index (χ1) is 6.72. The van der Waals surface area contributed by atoms with Gasteiger partial charge in [-0.05, 0) is 12.1 Å². The monoisotopic (exact) mass is 208 g/mol. The van der Waals surface area contributed by atoms with Gasteiger partial charge in [-0.15, -0.1) is 0 Å². The summed E-state index contributed by atoms with van der Waals surface area (Å²) in [7, 11) is 0. The van der Waals surface area contributed by atoms with Crippen molar-refractivity contribution >= 4 is 28.9 Å². The first-order valence-corrected chi connectivity index (χ1v) is 4.26. The number of carbonyl (C=O) groups excluding carboxylic acids is 1. The Balaban J connectivity index is 2.91. The van der Waals surface area contributed by atoms with E-state index in [2.05, 4.69) is 0 Å². The summed E-state index contributed by atoms with van der Waals surface area (Å²) in [5, 5.41) is 0.846. The topological polar surface area (TPSA) is 47.3 Å². The highest BCUT2D eigenvalue weighted by molar-refractivity contribution is 6.31. The van der Waals surface area contributed by atoms with Gasteiger partial charge in [-0.3, -0.25) is 9.59 Å². The fourth-order valence-electron chi connectivity index (χ4n) is 1.20. The van der Waals surface area contributed by atoms with Crippen molar-refractivity contribution in [1.82, 2.24) is 0 Å². The third-order valence-corrected chi connectivity index (χ3v) is 2.13. The first kappa shape index (κ1) is 8.97. The molecule has 0 saturated heterocycles. The Morgan fingerprint density at radius 3 is 2.86 bits per heavy atom. The standard InChI is InChI=1S/C10H5ClO3/c11-7-1-2-8-9(3-7)14-5-6(4-12)10(8)13/h1-5H. The van der Waals surface area contributed by atoms with Crippen LogP contribution in [0.5, 0.6) is 0 Å². The molecule has 0 atom stereocenters. The number of hydrogen-bond donors (Lipinski definition) is 0. The molecule has 0 radical (unpaired) electrons. The second-order valence-corrected chi connectivity index (χ2v) is 3.21. The lowest BCUT2D eigenvalue weighted by Crippen LogP contribution is -2.07. The van der Waals surface area contributed by atoms with Crippen LogP contribution in [-0.4, -0.2) is 6.29 Å². The molecule has 2 aromatic rings. The maximum atomic E-state index is 11.5. The Labute approximate surface area is 83.9 Å². The molecule has 0 fully saturated rings. The van der Waals surface area contributed by atoms with Crippen LogP contribution >= 0.6 is 11.6 Å². The number of benzene rings is 1. The van der Waals surface area contributed by atoms with E-state index in [1.54, 1.807) is 6.07 Å². The molecule has 70 valence electrons. The minimum absolute atomic E-state index is 0.0137. The van der Waals surface area contributed by atoms with E-state index in [9.17, 15) is 9.59 Å². The molecule has 14 heavy (non-hydrogen) atoms. The van der Waals surface area contributed by atoms with Crippen LogP contribution in [0.4, 0.5) is 0 Å². The second kappa shape index (κ2) is 3.27. The molecule has 4 heteroatoms. The summed E-state index contributed by atoms with van der Waals surface area (Å²) in [5.41, 5.74) is 0.0610. The fourth-order valence-corrected chi connectivity index (χ4v) is 1.36. The summed E-state index contributed by atoms with van der Waals surface area (Å²) in [4.78, 5) is 22.0. The number of halogens is 1. The maximum Gasteiger partial charge on any atom is 0.203 e. The molecule has 1 aromatic heterocycles. The summed E-state index contributed by atoms with van der Waals surface area (Å²) in [6.45, 7) is 0. The van der Waals surface area contributed by atoms with E-state index in [1.807, 2.05) is 0 Å². The zero-order valence-corrected chi connectivity index (χ0v) is 7.75. The molecule has 0 amide bonds. The Hall–Kier alpha value is -1.61. The molecule has 0 aliphatic carbocycles. The van der Waals surface area contributed by atoms with E-state index in [0.29, 0.717) is 22.3 Å². The molecule has 0 N–H and O–H groups in total. The van der Waals surface area contributed by atoms with Crippen molar-refractivity contribution in [2.24, 2.45) is 0 Å². The van der Waals surface area contributed by atoms with Crippen LogP contribution in [0.25, 0.3) is 11.0 Å². The van der Waals surface area contributed by atoms with E-state index in [4.69, 9.17) is 16.0 Å². The minimum Gasteiger partial charge on any atom is -0.463 e. The van der Waals surface area contributed by atoms with Gasteiger partial charge in [-0.2, -0.15) is 0 Å². The normalized spacial score (nSPS) is 10.4. The lowest BCUT2D eigenvalue weighted by molar-refractivity contribution is 0.112. The van der Waals surface area contributed by atoms with Crippen molar-refractivity contribution in [3.63, 3.8) is 0 Å². The van der Waals surface area contributed by atoms with E-state index in [1.165, 1.54) is 12.1 Å². The van der Waals surface area contributed by atoms with Crippen LogP contribution < -0.4 is 5.43 Å². The minimum atomic E-state index is -0.335. The predicted octanol–water partition coefficient (Wildman–Crippen LogP) is 2.26. The summed E-state index contributed by atoms with van der Waals surface area (Å²) in [5.74, 6) is 0. The quantitative estimate of drug-likeness (QED) is 0.676. The van der Waals surface area contributed by atoms with Gasteiger partial charge in [0.05, 0.1) is 10.9 Å². The summed E-state index contributed by atoms with van der Waals surface area (Å²) >= 11 is 5.71. The third kappa shape index (κ3) is 1.32. The van der Waals surface area contributed by atoms with Crippen molar-refractivity contribution < 1.29 is 9.21 Å². The highest BCUT2D eigenvalue weighted by Crippen LogP contribution is 2.16. The predicted molar refractivity (Wildman–Crippen MR) is 52.9 cm³/mol. The smallest absolute Gasteiger partial charge is 0.203 e. The number of carbonyl (C=O) groups is 1. The fraction of sp³-hybridized carbons (Fsp3) is 0. The van der Waals surface area contributed by atoms with Gasteiger partial charge in [-0.1, -0.05) is 11.6 Å². The molecule has 1 aromatic carbocycles. The van der Waals surface area contributed by atoms with Gasteiger partial charge >= 0.3 is 0 Å². The van der Waals surface area contributed by atoms with Crippen LogP contribution in [-0.2, 0) is 0 Å². The maximum absolute atomic E-state index is 11.5. The number of rotatable bonds is 1. The van der Waals surface area contributed by atoms with Gasteiger partial charge < -0.3 is 4.42 Å². The van der Waals surface area contributed by atoms with Crippen LogP contribution in [0, 0.1) is 0 Å². The van der Waals surface area contributed by atoms with Crippen molar-refractivity contribution in [1.29, 1.82) is 0 Å². The van der Waals surface area contributed by atoms with Crippen molar-refractivity contribution in [2.75, 3.05) is 0 Å². The van der Waals surface area contributed by atoms with Crippen LogP contribution in [0.1, 0.15) is 10.4 Å². The van der Waals surface area contributed by atoms with Gasteiger partial charge in [0.2, 0.25) is 5.43 Å². The third-order valence-electron chi connectivity index (χ3n) is 1.89. The van der Waals surface area contributed by atoms with Crippen LogP contribution in [0.15, 0.2) is 33.7 Å². The highest BCUT2D eigenvalue weighted by atomic mass is 35.5. The molecular weight excluding hydrogens is 204 g/mol. The molecule has 0 saturated carbocycles. The Morgan fingerprint density at radius 2 is 2.14 bits per heavy atom. The lowest BCUT2D eigenvalue weighted by atomic mass is 10.2. The molecule has 3 nitrogen and oxygen atoms in total. The molecule has 1 heterocycles. The lowest BCUT2D eigenvalue weighted by Gasteiger charge is -1.97. The molecular formula is C10H5ClO3. The number of aldehydes is 1. The summed E-state index contributed by atoms with van der Waals surface area (Å²) < 4.78 is 5.08. The Bertz CT molecular complexity index is 557. The Morgan fingerprint density at radius 1 is 1.36 bits per heavy atom. The van der Waals surface area contributed by atoms with E-state index >= 15 is 0 Å². The molecule has 0 aliphatic heterocycles. The zero-order valence-electron chi connectivity index (χ0n) is 6.99. The molecule has 0 spiro atoms. The van der Waals surface area contributed by atoms with Crippen molar-refractivity contribution in [2.45, 2.75) is 0 Å². The highest BCUT2D eigenvalue weighted by Gasteiger charge is 2.05.